The van der Waals surface area contributed by atoms with Crippen LogP contribution >= 0.6 is 0 Å². The number of alkyl carbamates (subject to hydrolysis) is 1. The molecule has 280 valence electrons. The quantitative estimate of drug-likeness (QED) is 0.354. The number of ether oxygens (including phenoxy) is 2. The SMILES string of the molecule is C=C[C@@H]1C[C@]1(NC(=O)[C@@H]1C[C@@H]2CN1C(=O)[C@H](C1CCCCC1)NC(=O)OCCC/C=C/c1cccc3c1CN(C3)C(=O)O2)C(=O)NS(=O)(=O)C1CC1. The standard InChI is InChI=1S/C37H47N5O9S/c1-2-26-19-37(26,34(45)40-52(48,49)28-15-16-28)39-32(43)30-18-27-21-42(30)33(44)31(24-11-5-3-6-12-24)38-35(46)50-17-8-4-7-10-23-13-9-14-25-20-41(22-29(23)25)36(47)51-27/h2,7,9-10,13-14,24,26-28,30-31H,1,3-6,8,11-12,15-22H2,(H,38,46)(H,39,43)(H,40,45)/b10-7+/t26-,27-,30+,31+,37-/m1/s1. The number of carbonyl (C=O) groups is 5. The molecule has 0 aromatic heterocycles. The minimum atomic E-state index is -3.90. The molecule has 3 heterocycles. The summed E-state index contributed by atoms with van der Waals surface area (Å²) in [5, 5.41) is 4.93. The highest BCUT2D eigenvalue weighted by molar-refractivity contribution is 7.91. The van der Waals surface area contributed by atoms with E-state index in [1.54, 1.807) is 4.90 Å². The van der Waals surface area contributed by atoms with Crippen molar-refractivity contribution in [1.29, 1.82) is 0 Å². The maximum absolute atomic E-state index is 14.6. The maximum Gasteiger partial charge on any atom is 0.410 e. The summed E-state index contributed by atoms with van der Waals surface area (Å²) in [6, 6.07) is 3.72. The van der Waals surface area contributed by atoms with Crippen LogP contribution in [0, 0.1) is 11.8 Å². The second-order valence-electron chi connectivity index (χ2n) is 15.0. The van der Waals surface area contributed by atoms with E-state index in [1.165, 1.54) is 11.0 Å². The van der Waals surface area contributed by atoms with Crippen molar-refractivity contribution in [2.24, 2.45) is 11.8 Å². The molecular weight excluding hydrogens is 691 g/mol. The average molecular weight is 738 g/mol. The van der Waals surface area contributed by atoms with Crippen LogP contribution in [0.25, 0.3) is 6.08 Å². The van der Waals surface area contributed by atoms with E-state index in [0.717, 1.165) is 36.0 Å². The Labute approximate surface area is 303 Å². The first-order valence-corrected chi connectivity index (χ1v) is 20.0. The number of fused-ring (bicyclic) bond motifs is 3. The zero-order chi connectivity index (χ0) is 36.6. The van der Waals surface area contributed by atoms with Crippen molar-refractivity contribution in [1.82, 2.24) is 25.2 Å². The maximum atomic E-state index is 14.6. The van der Waals surface area contributed by atoms with Gasteiger partial charge in [-0.05, 0) is 67.6 Å². The molecule has 0 radical (unpaired) electrons. The van der Waals surface area contributed by atoms with Gasteiger partial charge in [-0.1, -0.05) is 55.7 Å². The third-order valence-corrected chi connectivity index (χ3v) is 13.2. The molecule has 5 atom stereocenters. The van der Waals surface area contributed by atoms with Crippen LogP contribution in [0.2, 0.25) is 0 Å². The summed E-state index contributed by atoms with van der Waals surface area (Å²) >= 11 is 0. The molecule has 15 heteroatoms. The molecule has 3 N–H and O–H groups in total. The molecule has 1 aromatic rings. The predicted octanol–water partition coefficient (Wildman–Crippen LogP) is 3.26. The number of sulfonamides is 1. The summed E-state index contributed by atoms with van der Waals surface area (Å²) in [6.45, 7) is 4.48. The van der Waals surface area contributed by atoms with Crippen LogP contribution in [-0.2, 0) is 47.0 Å². The van der Waals surface area contributed by atoms with Crippen LogP contribution in [0.1, 0.15) is 87.3 Å². The fraction of sp³-hybridized carbons (Fsp3) is 0.595. The number of benzene rings is 1. The van der Waals surface area contributed by atoms with Crippen LogP contribution in [-0.4, -0.2) is 90.3 Å². The molecule has 1 saturated heterocycles. The Morgan fingerprint density at radius 2 is 1.83 bits per heavy atom. The minimum Gasteiger partial charge on any atom is -0.450 e. The predicted molar refractivity (Wildman–Crippen MR) is 188 cm³/mol. The first kappa shape index (κ1) is 36.0. The van der Waals surface area contributed by atoms with Crippen LogP contribution in [0.4, 0.5) is 9.59 Å². The van der Waals surface area contributed by atoms with Gasteiger partial charge in [-0.2, -0.15) is 0 Å². The van der Waals surface area contributed by atoms with E-state index in [0.29, 0.717) is 51.6 Å². The number of rotatable bonds is 7. The normalized spacial score (nSPS) is 30.5. The molecule has 7 rings (SSSR count). The molecule has 52 heavy (non-hydrogen) atoms. The van der Waals surface area contributed by atoms with E-state index in [9.17, 15) is 32.4 Å². The van der Waals surface area contributed by atoms with Crippen molar-refractivity contribution in [3.8, 4) is 0 Å². The van der Waals surface area contributed by atoms with Gasteiger partial charge in [0.1, 0.15) is 23.7 Å². The molecule has 6 aliphatic rings. The lowest BCUT2D eigenvalue weighted by Crippen LogP contribution is -2.59. The Bertz CT molecular complexity index is 1770. The fourth-order valence-corrected chi connectivity index (χ4v) is 9.48. The van der Waals surface area contributed by atoms with Crippen molar-refractivity contribution in [2.75, 3.05) is 13.2 Å². The van der Waals surface area contributed by atoms with Gasteiger partial charge in [0, 0.05) is 18.9 Å². The molecule has 4 bridgehead atoms. The number of cyclic esters (lactones) is 1. The fourth-order valence-electron chi connectivity index (χ4n) is 8.12. The lowest BCUT2D eigenvalue weighted by molar-refractivity contribution is -0.142. The number of hydrogen-bond donors (Lipinski definition) is 3. The molecule has 0 unspecified atom stereocenters. The van der Waals surface area contributed by atoms with Crippen LogP contribution in [0.3, 0.4) is 0 Å². The number of amides is 5. The van der Waals surface area contributed by atoms with Crippen LogP contribution in [0.15, 0.2) is 36.9 Å². The summed E-state index contributed by atoms with van der Waals surface area (Å²) < 4.78 is 39.0. The molecule has 14 nitrogen and oxygen atoms in total. The summed E-state index contributed by atoms with van der Waals surface area (Å²) in [4.78, 5) is 71.9. The van der Waals surface area contributed by atoms with E-state index >= 15 is 0 Å². The smallest absolute Gasteiger partial charge is 0.410 e. The van der Waals surface area contributed by atoms with E-state index < -0.39 is 74.8 Å². The monoisotopic (exact) mass is 737 g/mol. The number of nitrogens with one attached hydrogen (secondary N) is 3. The molecule has 3 aliphatic carbocycles. The number of allylic oxidation sites excluding steroid dienone is 1. The average Bonchev–Trinajstić information content (AvgIpc) is 4.02. The van der Waals surface area contributed by atoms with Crippen molar-refractivity contribution >= 4 is 46.0 Å². The van der Waals surface area contributed by atoms with Crippen molar-refractivity contribution < 1.29 is 41.9 Å². The van der Waals surface area contributed by atoms with Gasteiger partial charge in [0.2, 0.25) is 21.8 Å². The van der Waals surface area contributed by atoms with Gasteiger partial charge in [-0.3, -0.25) is 24.0 Å². The van der Waals surface area contributed by atoms with Crippen molar-refractivity contribution in [3.05, 3.63) is 53.6 Å². The highest BCUT2D eigenvalue weighted by atomic mass is 32.2. The highest BCUT2D eigenvalue weighted by Crippen LogP contribution is 2.45. The van der Waals surface area contributed by atoms with E-state index in [2.05, 4.69) is 21.9 Å². The van der Waals surface area contributed by atoms with Gasteiger partial charge < -0.3 is 25.0 Å². The van der Waals surface area contributed by atoms with Gasteiger partial charge >= 0.3 is 12.2 Å². The van der Waals surface area contributed by atoms with Crippen LogP contribution in [0.5, 0.6) is 0 Å². The van der Waals surface area contributed by atoms with Crippen molar-refractivity contribution in [2.45, 2.75) is 113 Å². The first-order valence-electron chi connectivity index (χ1n) is 18.5. The molecular formula is C37H47N5O9S. The molecule has 0 spiro atoms. The molecule has 4 fully saturated rings. The summed E-state index contributed by atoms with van der Waals surface area (Å²) in [5.41, 5.74) is 1.43. The zero-order valence-electron chi connectivity index (χ0n) is 29.2. The lowest BCUT2D eigenvalue weighted by atomic mass is 9.83. The topological polar surface area (TPSA) is 181 Å². The summed E-state index contributed by atoms with van der Waals surface area (Å²) in [7, 11) is -3.90. The Hall–Kier alpha value is -4.40. The Kier molecular flexibility index (Phi) is 10.1. The zero-order valence-corrected chi connectivity index (χ0v) is 30.0. The first-order chi connectivity index (χ1) is 25.0. The summed E-state index contributed by atoms with van der Waals surface area (Å²) in [5.74, 6) is -2.78. The third kappa shape index (κ3) is 7.42. The summed E-state index contributed by atoms with van der Waals surface area (Å²) in [6.07, 6.45) is 9.70. The Balaban J connectivity index is 1.16. The lowest BCUT2D eigenvalue weighted by Gasteiger charge is -2.34. The van der Waals surface area contributed by atoms with Crippen molar-refractivity contribution in [3.63, 3.8) is 0 Å². The highest BCUT2D eigenvalue weighted by Gasteiger charge is 2.62. The molecule has 3 aliphatic heterocycles. The minimum absolute atomic E-state index is 0.0588. The van der Waals surface area contributed by atoms with Gasteiger partial charge in [0.25, 0.3) is 5.91 Å². The number of nitrogens with zero attached hydrogens (tertiary/aromatic N) is 2. The van der Waals surface area contributed by atoms with Crippen LogP contribution < -0.4 is 15.4 Å². The Morgan fingerprint density at radius 3 is 2.56 bits per heavy atom. The second-order valence-corrected chi connectivity index (χ2v) is 16.9. The Morgan fingerprint density at radius 1 is 1.04 bits per heavy atom. The van der Waals surface area contributed by atoms with E-state index in [-0.39, 0.29) is 31.9 Å². The molecule has 5 amide bonds. The second kappa shape index (κ2) is 14.6. The number of hydrogen-bond acceptors (Lipinski definition) is 9. The van der Waals surface area contributed by atoms with E-state index in [4.69, 9.17) is 9.47 Å². The van der Waals surface area contributed by atoms with E-state index in [1.807, 2.05) is 30.4 Å². The molecule has 3 saturated carbocycles. The number of carbonyl (C=O) groups excluding carboxylic acids is 5. The third-order valence-electron chi connectivity index (χ3n) is 11.3. The van der Waals surface area contributed by atoms with Gasteiger partial charge in [-0.25, -0.2) is 18.0 Å². The van der Waals surface area contributed by atoms with Gasteiger partial charge in [0.15, 0.2) is 0 Å². The van der Waals surface area contributed by atoms with Gasteiger partial charge in [0.05, 0.1) is 24.9 Å². The largest absolute Gasteiger partial charge is 0.450 e. The van der Waals surface area contributed by atoms with Gasteiger partial charge in [-0.15, -0.1) is 6.58 Å². The molecule has 1 aromatic carbocycles.